The molecule has 41 heavy (non-hydrogen) atoms. The normalized spacial score (nSPS) is 16.1. The Bertz CT molecular complexity index is 1430. The highest BCUT2D eigenvalue weighted by atomic mass is 35.5. The predicted octanol–water partition coefficient (Wildman–Crippen LogP) is 4.32. The maximum Gasteiger partial charge on any atom is 0.335 e. The fraction of sp³-hybridized carbons (Fsp3) is 0.300. The minimum absolute atomic E-state index is 0.0503. The number of carbonyl (C=O) groups is 3. The lowest BCUT2D eigenvalue weighted by molar-refractivity contribution is -0.124. The predicted molar refractivity (Wildman–Crippen MR) is 156 cm³/mol. The first-order valence-corrected chi connectivity index (χ1v) is 13.9. The Morgan fingerprint density at radius 3 is 2.24 bits per heavy atom. The van der Waals surface area contributed by atoms with Gasteiger partial charge in [-0.25, -0.2) is 4.79 Å². The zero-order valence-corrected chi connectivity index (χ0v) is 23.7. The number of hydrogen-bond acceptors (Lipinski definition) is 7. The molecule has 3 aromatic rings. The van der Waals surface area contributed by atoms with Crippen LogP contribution in [0.3, 0.4) is 0 Å². The standard InChI is InChI=1S/C30H29Cl2N3O6/c31-24-13-27-28(14-25(24)32)41-18-29(37)35(27)16-23(36)15-33-26(17-34-9-11-40-12-10-34)21-5-1-19(2-6-21)20-3-7-22(8-4-20)30(38)39/h1-8,13-14,26,33H,9-12,15-18H2,(H,38,39). The van der Waals surface area contributed by atoms with E-state index in [1.165, 1.54) is 11.0 Å². The third kappa shape index (κ3) is 7.06. The van der Waals surface area contributed by atoms with Crippen LogP contribution >= 0.6 is 23.2 Å². The van der Waals surface area contributed by atoms with E-state index < -0.39 is 5.97 Å². The summed E-state index contributed by atoms with van der Waals surface area (Å²) in [5.41, 5.74) is 3.52. The van der Waals surface area contributed by atoms with E-state index in [1.54, 1.807) is 30.3 Å². The average Bonchev–Trinajstić information content (AvgIpc) is 2.98. The van der Waals surface area contributed by atoms with Gasteiger partial charge in [0.2, 0.25) is 0 Å². The minimum atomic E-state index is -0.964. The van der Waals surface area contributed by atoms with Crippen LogP contribution in [0.1, 0.15) is 22.0 Å². The van der Waals surface area contributed by atoms with Crippen molar-refractivity contribution in [3.63, 3.8) is 0 Å². The summed E-state index contributed by atoms with van der Waals surface area (Å²) in [6.45, 7) is 3.31. The number of fused-ring (bicyclic) bond motifs is 1. The van der Waals surface area contributed by atoms with E-state index in [-0.39, 0.29) is 48.0 Å². The van der Waals surface area contributed by atoms with Crippen LogP contribution in [0.4, 0.5) is 5.69 Å². The van der Waals surface area contributed by atoms with Crippen molar-refractivity contribution in [2.24, 2.45) is 0 Å². The van der Waals surface area contributed by atoms with Gasteiger partial charge in [-0.1, -0.05) is 59.6 Å². The van der Waals surface area contributed by atoms with Gasteiger partial charge in [-0.2, -0.15) is 0 Å². The van der Waals surface area contributed by atoms with Crippen molar-refractivity contribution in [1.29, 1.82) is 0 Å². The van der Waals surface area contributed by atoms with Gasteiger partial charge in [-0.15, -0.1) is 0 Å². The largest absolute Gasteiger partial charge is 0.482 e. The van der Waals surface area contributed by atoms with Crippen LogP contribution in [-0.4, -0.2) is 80.2 Å². The van der Waals surface area contributed by atoms with Gasteiger partial charge >= 0.3 is 5.97 Å². The van der Waals surface area contributed by atoms with Crippen molar-refractivity contribution < 1.29 is 29.0 Å². The number of halogens is 2. The molecule has 0 radical (unpaired) electrons. The van der Waals surface area contributed by atoms with Crippen LogP contribution in [0, 0.1) is 0 Å². The van der Waals surface area contributed by atoms with Gasteiger partial charge in [-0.3, -0.25) is 19.4 Å². The van der Waals surface area contributed by atoms with E-state index in [1.807, 2.05) is 24.3 Å². The van der Waals surface area contributed by atoms with E-state index in [9.17, 15) is 14.4 Å². The molecule has 0 bridgehead atoms. The zero-order valence-electron chi connectivity index (χ0n) is 22.1. The number of ketones is 1. The molecule has 1 saturated heterocycles. The number of hydrogen-bond donors (Lipinski definition) is 2. The molecule has 1 atom stereocenters. The molecule has 1 amide bonds. The number of anilines is 1. The molecule has 5 rings (SSSR count). The maximum atomic E-state index is 13.1. The summed E-state index contributed by atoms with van der Waals surface area (Å²) in [4.78, 5) is 40.6. The molecule has 0 saturated carbocycles. The molecule has 2 aliphatic heterocycles. The number of nitrogens with zero attached hydrogens (tertiary/aromatic N) is 2. The summed E-state index contributed by atoms with van der Waals surface area (Å²) in [6, 6.07) is 17.7. The fourth-order valence-corrected chi connectivity index (χ4v) is 5.19. The molecule has 0 aliphatic carbocycles. The quantitative estimate of drug-likeness (QED) is 0.356. The first kappa shape index (κ1) is 29.0. The summed E-state index contributed by atoms with van der Waals surface area (Å²) in [5.74, 6) is -1.06. The van der Waals surface area contributed by atoms with Crippen molar-refractivity contribution in [2.75, 3.05) is 57.4 Å². The molecule has 214 valence electrons. The molecule has 0 spiro atoms. The SMILES string of the molecule is O=C(CNC(CN1CCOCC1)c1ccc(-c2ccc(C(=O)O)cc2)cc1)CN1C(=O)COc2cc(Cl)c(Cl)cc21. The summed E-state index contributed by atoms with van der Waals surface area (Å²) in [5, 5.41) is 13.1. The summed E-state index contributed by atoms with van der Waals surface area (Å²) >= 11 is 12.3. The summed E-state index contributed by atoms with van der Waals surface area (Å²) < 4.78 is 11.0. The number of rotatable bonds is 10. The van der Waals surface area contributed by atoms with Gasteiger partial charge in [0.15, 0.2) is 12.4 Å². The fourth-order valence-electron chi connectivity index (χ4n) is 4.88. The number of carbonyl (C=O) groups excluding carboxylic acids is 2. The topological polar surface area (TPSA) is 108 Å². The van der Waals surface area contributed by atoms with E-state index in [4.69, 9.17) is 37.8 Å². The second-order valence-corrected chi connectivity index (χ2v) is 10.7. The molecule has 3 aromatic carbocycles. The van der Waals surface area contributed by atoms with Crippen molar-refractivity contribution in [2.45, 2.75) is 6.04 Å². The van der Waals surface area contributed by atoms with Crippen molar-refractivity contribution >= 4 is 46.5 Å². The molecular weight excluding hydrogens is 569 g/mol. The lowest BCUT2D eigenvalue weighted by atomic mass is 9.99. The number of morpholine rings is 1. The monoisotopic (exact) mass is 597 g/mol. The Balaban J connectivity index is 1.29. The Morgan fingerprint density at radius 1 is 0.951 bits per heavy atom. The van der Waals surface area contributed by atoms with E-state index in [2.05, 4.69) is 10.2 Å². The van der Waals surface area contributed by atoms with E-state index in [0.29, 0.717) is 36.2 Å². The Morgan fingerprint density at radius 2 is 1.59 bits per heavy atom. The molecule has 0 aromatic heterocycles. The first-order valence-electron chi connectivity index (χ1n) is 13.2. The van der Waals surface area contributed by atoms with Gasteiger partial charge in [0.25, 0.3) is 5.91 Å². The van der Waals surface area contributed by atoms with Gasteiger partial charge in [0.1, 0.15) is 5.75 Å². The number of nitrogens with one attached hydrogen (secondary N) is 1. The molecule has 9 nitrogen and oxygen atoms in total. The van der Waals surface area contributed by atoms with Gasteiger partial charge in [-0.05, 0) is 34.9 Å². The van der Waals surface area contributed by atoms with Crippen LogP contribution < -0.4 is 15.0 Å². The number of aromatic carboxylic acids is 1. The van der Waals surface area contributed by atoms with Crippen molar-refractivity contribution in [3.8, 4) is 16.9 Å². The Hall–Kier alpha value is -3.47. The van der Waals surface area contributed by atoms with E-state index in [0.717, 1.165) is 29.8 Å². The van der Waals surface area contributed by atoms with Crippen LogP contribution in [0.25, 0.3) is 11.1 Å². The lowest BCUT2D eigenvalue weighted by Gasteiger charge is -2.32. The van der Waals surface area contributed by atoms with Gasteiger partial charge < -0.3 is 19.9 Å². The molecule has 2 aliphatic rings. The highest BCUT2D eigenvalue weighted by Crippen LogP contribution is 2.38. The highest BCUT2D eigenvalue weighted by Gasteiger charge is 2.29. The number of Topliss-reactive ketones (excluding diaryl/α,β-unsaturated/α-hetero) is 1. The summed E-state index contributed by atoms with van der Waals surface area (Å²) in [6.07, 6.45) is 0. The smallest absolute Gasteiger partial charge is 0.335 e. The number of carboxylic acids is 1. The minimum Gasteiger partial charge on any atom is -0.482 e. The number of ether oxygens (including phenoxy) is 2. The van der Waals surface area contributed by atoms with Crippen molar-refractivity contribution in [3.05, 3.63) is 81.8 Å². The summed E-state index contributed by atoms with van der Waals surface area (Å²) in [7, 11) is 0. The molecule has 11 heteroatoms. The van der Waals surface area contributed by atoms with Crippen molar-refractivity contribution in [1.82, 2.24) is 10.2 Å². The lowest BCUT2D eigenvalue weighted by Crippen LogP contribution is -2.46. The van der Waals surface area contributed by atoms with E-state index >= 15 is 0 Å². The molecule has 2 heterocycles. The third-order valence-electron chi connectivity index (χ3n) is 7.15. The Kier molecular flexibility index (Phi) is 9.22. The highest BCUT2D eigenvalue weighted by molar-refractivity contribution is 6.42. The molecule has 2 N–H and O–H groups in total. The number of benzene rings is 3. The van der Waals surface area contributed by atoms with Crippen LogP contribution in [0.2, 0.25) is 10.0 Å². The Labute approximate surface area is 247 Å². The average molecular weight is 598 g/mol. The maximum absolute atomic E-state index is 13.1. The number of amides is 1. The van der Waals surface area contributed by atoms with Gasteiger partial charge in [0.05, 0.1) is 47.6 Å². The van der Waals surface area contributed by atoms with Gasteiger partial charge in [0, 0.05) is 31.7 Å². The zero-order chi connectivity index (χ0) is 28.9. The second-order valence-electron chi connectivity index (χ2n) is 9.89. The van der Waals surface area contributed by atoms with Crippen LogP contribution in [0.15, 0.2) is 60.7 Å². The third-order valence-corrected chi connectivity index (χ3v) is 7.87. The molecular formula is C30H29Cl2N3O6. The van der Waals surface area contributed by atoms with Crippen LogP contribution in [-0.2, 0) is 14.3 Å². The molecule has 1 fully saturated rings. The van der Waals surface area contributed by atoms with Crippen LogP contribution in [0.5, 0.6) is 5.75 Å². The number of carboxylic acid groups (broad SMARTS) is 1. The second kappa shape index (κ2) is 13.0. The first-order chi connectivity index (χ1) is 19.8. The molecule has 1 unspecified atom stereocenters.